The van der Waals surface area contributed by atoms with E-state index in [2.05, 4.69) is 25.2 Å². The van der Waals surface area contributed by atoms with Crippen LogP contribution in [0, 0.1) is 0 Å². The van der Waals surface area contributed by atoms with Crippen molar-refractivity contribution in [1.82, 2.24) is 34.6 Å². The second-order valence-corrected chi connectivity index (χ2v) is 10.0. The molecule has 35 heavy (non-hydrogen) atoms. The number of pyridine rings is 1. The zero-order chi connectivity index (χ0) is 24.1. The number of nitrogens with zero attached hydrogens (tertiary/aromatic N) is 6. The Morgan fingerprint density at radius 3 is 2.60 bits per heavy atom. The van der Waals surface area contributed by atoms with E-state index < -0.39 is 0 Å². The fraction of sp³-hybridized carbons (Fsp3) is 0.480. The molecule has 3 aliphatic rings. The third-order valence-electron chi connectivity index (χ3n) is 7.46. The van der Waals surface area contributed by atoms with Crippen molar-refractivity contribution in [3.8, 4) is 0 Å². The van der Waals surface area contributed by atoms with Crippen LogP contribution in [0.4, 0.5) is 11.8 Å². The van der Waals surface area contributed by atoms with E-state index in [9.17, 15) is 9.59 Å². The van der Waals surface area contributed by atoms with E-state index in [1.807, 2.05) is 11.0 Å². The summed E-state index contributed by atoms with van der Waals surface area (Å²) in [6.45, 7) is 1.63. The summed E-state index contributed by atoms with van der Waals surface area (Å²) in [6, 6.07) is 6.43. The van der Waals surface area contributed by atoms with Crippen molar-refractivity contribution in [1.29, 1.82) is 0 Å². The molecule has 0 spiro atoms. The van der Waals surface area contributed by atoms with E-state index >= 15 is 0 Å². The molecule has 3 aromatic heterocycles. The lowest BCUT2D eigenvalue weighted by Crippen LogP contribution is -2.46. The van der Waals surface area contributed by atoms with Crippen LogP contribution < -0.4 is 10.6 Å². The Morgan fingerprint density at radius 1 is 1.11 bits per heavy atom. The third kappa shape index (κ3) is 3.91. The number of amides is 2. The molecule has 3 fully saturated rings. The Kier molecular flexibility index (Phi) is 5.40. The molecule has 3 aromatic rings. The number of piperazine rings is 1. The lowest BCUT2D eigenvalue weighted by molar-refractivity contribution is 0.0715. The minimum Gasteiger partial charge on any atom is -0.343 e. The predicted molar refractivity (Wildman–Crippen MR) is 132 cm³/mol. The molecule has 0 aromatic carbocycles. The highest BCUT2D eigenvalue weighted by Gasteiger charge is 2.40. The summed E-state index contributed by atoms with van der Waals surface area (Å²) in [4.78, 5) is 43.0. The van der Waals surface area contributed by atoms with Crippen molar-refractivity contribution in [3.05, 3.63) is 41.9 Å². The molecule has 0 radical (unpaired) electrons. The van der Waals surface area contributed by atoms with Crippen LogP contribution in [0.1, 0.15) is 59.0 Å². The van der Waals surface area contributed by atoms with Crippen LogP contribution in [0.5, 0.6) is 0 Å². The highest BCUT2D eigenvalue weighted by Crippen LogP contribution is 2.35. The molecule has 1 aliphatic carbocycles. The summed E-state index contributed by atoms with van der Waals surface area (Å²) in [5, 5.41) is 7.42. The monoisotopic (exact) mass is 474 g/mol. The van der Waals surface area contributed by atoms with Gasteiger partial charge in [-0.15, -0.1) is 0 Å². The molecule has 2 N–H and O–H groups in total. The number of anilines is 2. The van der Waals surface area contributed by atoms with Gasteiger partial charge in [0.2, 0.25) is 5.95 Å². The Morgan fingerprint density at radius 2 is 1.94 bits per heavy atom. The summed E-state index contributed by atoms with van der Waals surface area (Å²) < 4.78 is 2.09. The Bertz CT molecular complexity index is 1280. The summed E-state index contributed by atoms with van der Waals surface area (Å²) in [6.07, 6.45) is 8.77. The average Bonchev–Trinajstić information content (AvgIpc) is 3.67. The van der Waals surface area contributed by atoms with Crippen molar-refractivity contribution >= 4 is 34.6 Å². The van der Waals surface area contributed by atoms with Gasteiger partial charge < -0.3 is 25.0 Å². The van der Waals surface area contributed by atoms with Gasteiger partial charge in [0.05, 0.1) is 5.56 Å². The highest BCUT2D eigenvalue weighted by molar-refractivity contribution is 5.98. The maximum absolute atomic E-state index is 12.9. The summed E-state index contributed by atoms with van der Waals surface area (Å²) in [5.41, 5.74) is 1.99. The molecular weight excluding hydrogens is 444 g/mol. The summed E-state index contributed by atoms with van der Waals surface area (Å²) in [5.74, 6) is 0.971. The van der Waals surface area contributed by atoms with Crippen LogP contribution in [0.25, 0.3) is 11.0 Å². The molecule has 2 aliphatic heterocycles. The topological polar surface area (TPSA) is 108 Å². The third-order valence-corrected chi connectivity index (χ3v) is 7.46. The zero-order valence-electron chi connectivity index (χ0n) is 20.1. The molecule has 10 heteroatoms. The predicted octanol–water partition coefficient (Wildman–Crippen LogP) is 2.57. The molecule has 1 saturated carbocycles. The van der Waals surface area contributed by atoms with E-state index in [0.29, 0.717) is 29.1 Å². The average molecular weight is 475 g/mol. The molecule has 2 unspecified atom stereocenters. The van der Waals surface area contributed by atoms with E-state index in [0.717, 1.165) is 56.2 Å². The zero-order valence-corrected chi connectivity index (χ0v) is 20.1. The second kappa shape index (κ2) is 8.60. The minimum absolute atomic E-state index is 0.0307. The number of likely N-dealkylation sites (tertiary alicyclic amines) is 1. The molecule has 5 heterocycles. The quantitative estimate of drug-likeness (QED) is 0.585. The first kappa shape index (κ1) is 22.0. The van der Waals surface area contributed by atoms with Gasteiger partial charge in [0.25, 0.3) is 11.8 Å². The minimum atomic E-state index is -0.0339. The molecule has 2 saturated heterocycles. The molecule has 2 amide bonds. The molecule has 2 bridgehead atoms. The number of hydrogen-bond acceptors (Lipinski definition) is 7. The van der Waals surface area contributed by atoms with Gasteiger partial charge in [0.15, 0.2) is 0 Å². The van der Waals surface area contributed by atoms with Crippen LogP contribution in [0.15, 0.2) is 30.6 Å². The number of rotatable bonds is 5. The lowest BCUT2D eigenvalue weighted by Gasteiger charge is -2.27. The number of aromatic nitrogens is 4. The highest BCUT2D eigenvalue weighted by atomic mass is 16.2. The van der Waals surface area contributed by atoms with Crippen molar-refractivity contribution < 1.29 is 9.59 Å². The second-order valence-electron chi connectivity index (χ2n) is 10.0. The first-order valence-electron chi connectivity index (χ1n) is 12.3. The molecule has 10 nitrogen and oxygen atoms in total. The smallest absolute Gasteiger partial charge is 0.270 e. The maximum atomic E-state index is 12.9. The van der Waals surface area contributed by atoms with E-state index in [1.165, 1.54) is 0 Å². The van der Waals surface area contributed by atoms with Crippen molar-refractivity contribution in [2.45, 2.75) is 50.2 Å². The lowest BCUT2D eigenvalue weighted by atomic mass is 10.2. The summed E-state index contributed by atoms with van der Waals surface area (Å²) >= 11 is 0. The van der Waals surface area contributed by atoms with Crippen LogP contribution in [0.2, 0.25) is 0 Å². The Labute approximate surface area is 203 Å². The van der Waals surface area contributed by atoms with Gasteiger partial charge in [0, 0.05) is 63.1 Å². The van der Waals surface area contributed by atoms with Gasteiger partial charge in [-0.25, -0.2) is 9.97 Å². The number of carbonyl (C=O) groups is 2. The van der Waals surface area contributed by atoms with Gasteiger partial charge >= 0.3 is 0 Å². The van der Waals surface area contributed by atoms with Crippen molar-refractivity contribution in [2.24, 2.45) is 0 Å². The Balaban J connectivity index is 1.25. The van der Waals surface area contributed by atoms with Gasteiger partial charge in [0.1, 0.15) is 17.2 Å². The van der Waals surface area contributed by atoms with Gasteiger partial charge in [-0.3, -0.25) is 9.59 Å². The number of carbonyl (C=O) groups excluding carboxylic acids is 2. The molecule has 6 rings (SSSR count). The normalized spacial score (nSPS) is 21.7. The Hall–Kier alpha value is -3.53. The SMILES string of the molecule is CN(C)C(=O)c1cc2cnc(Nc3ccc(C(=O)N4CC5CC4CN5)cn3)nc2n1C1CCCC1. The van der Waals surface area contributed by atoms with Crippen LogP contribution in [-0.2, 0) is 0 Å². The van der Waals surface area contributed by atoms with Crippen LogP contribution in [-0.4, -0.2) is 80.4 Å². The number of fused-ring (bicyclic) bond motifs is 3. The van der Waals surface area contributed by atoms with Crippen molar-refractivity contribution in [3.63, 3.8) is 0 Å². The van der Waals surface area contributed by atoms with Crippen LogP contribution in [0.3, 0.4) is 0 Å². The first-order chi connectivity index (χ1) is 17.0. The maximum Gasteiger partial charge on any atom is 0.270 e. The molecular formula is C25H30N8O2. The van der Waals surface area contributed by atoms with E-state index in [4.69, 9.17) is 4.98 Å². The number of nitrogens with one attached hydrogen (secondary N) is 2. The fourth-order valence-electron chi connectivity index (χ4n) is 5.68. The fourth-order valence-corrected chi connectivity index (χ4v) is 5.68. The molecule has 182 valence electrons. The van der Waals surface area contributed by atoms with Crippen LogP contribution >= 0.6 is 0 Å². The summed E-state index contributed by atoms with van der Waals surface area (Å²) in [7, 11) is 3.53. The number of hydrogen-bond donors (Lipinski definition) is 2. The first-order valence-corrected chi connectivity index (χ1v) is 12.3. The molecule has 2 atom stereocenters. The van der Waals surface area contributed by atoms with Gasteiger partial charge in [-0.1, -0.05) is 12.8 Å². The van der Waals surface area contributed by atoms with Crippen molar-refractivity contribution in [2.75, 3.05) is 32.5 Å². The standard InChI is InChI=1S/C25H30N8O2/c1-31(2)24(35)20-9-16-12-28-25(30-22(16)33(20)18-5-3-4-6-18)29-21-8-7-15(11-27-21)23(34)32-14-17-10-19(32)13-26-17/h7-9,11-12,17-19,26H,3-6,10,13-14H2,1-2H3,(H,27,28,29,30). The van der Waals surface area contributed by atoms with E-state index in [-0.39, 0.29) is 23.9 Å². The van der Waals surface area contributed by atoms with E-state index in [1.54, 1.807) is 43.5 Å². The largest absolute Gasteiger partial charge is 0.343 e. The van der Waals surface area contributed by atoms with Gasteiger partial charge in [-0.05, 0) is 37.5 Å². The van der Waals surface area contributed by atoms with Gasteiger partial charge in [-0.2, -0.15) is 4.98 Å².